The number of aryl methyl sites for hydroxylation is 2. The molecule has 3 rings (SSSR count). The zero-order valence-corrected chi connectivity index (χ0v) is 14.6. The van der Waals surface area contributed by atoms with Crippen LogP contribution in [0.5, 0.6) is 11.6 Å². The van der Waals surface area contributed by atoms with Crippen LogP contribution in [0.1, 0.15) is 27.2 Å². The Morgan fingerprint density at radius 2 is 2.12 bits per heavy atom. The summed E-state index contributed by atoms with van der Waals surface area (Å²) in [6.07, 6.45) is 3.11. The maximum Gasteiger partial charge on any atom is 0.259 e. The molecule has 0 radical (unpaired) electrons. The van der Waals surface area contributed by atoms with Gasteiger partial charge in [0.25, 0.3) is 5.91 Å². The number of hydrogen-bond acceptors (Lipinski definition) is 5. The van der Waals surface area contributed by atoms with Crippen LogP contribution in [0.2, 0.25) is 0 Å². The second-order valence-electron chi connectivity index (χ2n) is 5.77. The molecule has 0 aliphatic carbocycles. The van der Waals surface area contributed by atoms with E-state index in [1.807, 2.05) is 19.9 Å². The number of benzene rings is 1. The van der Waals surface area contributed by atoms with Gasteiger partial charge in [0, 0.05) is 24.6 Å². The zero-order valence-electron chi connectivity index (χ0n) is 14.6. The predicted molar refractivity (Wildman–Crippen MR) is 96.1 cm³/mol. The summed E-state index contributed by atoms with van der Waals surface area (Å²) in [5, 5.41) is 16.1. The summed E-state index contributed by atoms with van der Waals surface area (Å²) in [5.41, 5.74) is 3.17. The van der Waals surface area contributed by atoms with Crippen molar-refractivity contribution in [1.29, 1.82) is 5.26 Å². The number of hydrogen-bond donors (Lipinski definition) is 1. The van der Waals surface area contributed by atoms with Crippen molar-refractivity contribution >= 4 is 11.6 Å². The standard InChI is InChI=1S/C19H17N5O2/c1-12-9-15(26-19-14(10-20)5-4-8-21-19)6-7-17(12)23-18(25)16-11-22-24(3)13(16)2/h4-9,11H,1-3H3,(H,23,25). The van der Waals surface area contributed by atoms with Gasteiger partial charge >= 0.3 is 0 Å². The molecular weight excluding hydrogens is 330 g/mol. The molecule has 0 aliphatic heterocycles. The second kappa shape index (κ2) is 7.07. The number of aromatic nitrogens is 3. The molecule has 0 atom stereocenters. The Labute approximate surface area is 150 Å². The zero-order chi connectivity index (χ0) is 18.7. The maximum atomic E-state index is 12.4. The van der Waals surface area contributed by atoms with Crippen molar-refractivity contribution in [2.24, 2.45) is 7.05 Å². The molecular formula is C19H17N5O2. The molecule has 3 aromatic rings. The number of nitrogens with zero attached hydrogens (tertiary/aromatic N) is 4. The molecule has 2 heterocycles. The summed E-state index contributed by atoms with van der Waals surface area (Å²) in [7, 11) is 1.79. The fraction of sp³-hybridized carbons (Fsp3) is 0.158. The maximum absolute atomic E-state index is 12.4. The highest BCUT2D eigenvalue weighted by molar-refractivity contribution is 6.05. The number of nitrogens with one attached hydrogen (secondary N) is 1. The molecule has 1 amide bonds. The van der Waals surface area contributed by atoms with Crippen LogP contribution in [0.25, 0.3) is 0 Å². The average Bonchev–Trinajstić information content (AvgIpc) is 2.97. The van der Waals surface area contributed by atoms with Crippen molar-refractivity contribution in [2.45, 2.75) is 13.8 Å². The lowest BCUT2D eigenvalue weighted by Gasteiger charge is -2.11. The van der Waals surface area contributed by atoms with Crippen molar-refractivity contribution in [1.82, 2.24) is 14.8 Å². The van der Waals surface area contributed by atoms with Gasteiger partial charge in [-0.05, 0) is 49.7 Å². The smallest absolute Gasteiger partial charge is 0.259 e. The Bertz CT molecular complexity index is 1020. The number of nitriles is 1. The highest BCUT2D eigenvalue weighted by atomic mass is 16.5. The van der Waals surface area contributed by atoms with Crippen LogP contribution in [0.15, 0.2) is 42.7 Å². The van der Waals surface area contributed by atoms with Crippen LogP contribution >= 0.6 is 0 Å². The topological polar surface area (TPSA) is 92.8 Å². The van der Waals surface area contributed by atoms with Crippen molar-refractivity contribution in [2.75, 3.05) is 5.32 Å². The first-order valence-electron chi connectivity index (χ1n) is 7.93. The fourth-order valence-electron chi connectivity index (χ4n) is 2.42. The SMILES string of the molecule is Cc1cc(Oc2ncccc2C#N)ccc1NC(=O)c1cnn(C)c1C. The summed E-state index contributed by atoms with van der Waals surface area (Å²) >= 11 is 0. The number of rotatable bonds is 4. The van der Waals surface area contributed by atoms with Gasteiger partial charge in [0.05, 0.1) is 11.8 Å². The average molecular weight is 347 g/mol. The molecule has 7 heteroatoms. The molecule has 0 spiro atoms. The van der Waals surface area contributed by atoms with Gasteiger partial charge in [-0.15, -0.1) is 0 Å². The van der Waals surface area contributed by atoms with Gasteiger partial charge in [0.1, 0.15) is 17.4 Å². The Balaban J connectivity index is 1.79. The Morgan fingerprint density at radius 1 is 1.31 bits per heavy atom. The van der Waals surface area contributed by atoms with Gasteiger partial charge in [-0.2, -0.15) is 10.4 Å². The number of carbonyl (C=O) groups excluding carboxylic acids is 1. The number of ether oxygens (including phenoxy) is 1. The lowest BCUT2D eigenvalue weighted by molar-refractivity contribution is 0.102. The van der Waals surface area contributed by atoms with E-state index in [1.54, 1.807) is 54.5 Å². The summed E-state index contributed by atoms with van der Waals surface area (Å²) in [4.78, 5) is 16.5. The van der Waals surface area contributed by atoms with Gasteiger partial charge in [0.15, 0.2) is 0 Å². The molecule has 0 fully saturated rings. The Kier molecular flexibility index (Phi) is 4.67. The molecule has 0 unspecified atom stereocenters. The Hall–Kier alpha value is -3.66. The van der Waals surface area contributed by atoms with E-state index < -0.39 is 0 Å². The molecule has 1 N–H and O–H groups in total. The van der Waals surface area contributed by atoms with Gasteiger partial charge in [-0.3, -0.25) is 9.48 Å². The van der Waals surface area contributed by atoms with Gasteiger partial charge in [-0.25, -0.2) is 4.98 Å². The first-order chi connectivity index (χ1) is 12.5. The van der Waals surface area contributed by atoms with Gasteiger partial charge in [0.2, 0.25) is 5.88 Å². The quantitative estimate of drug-likeness (QED) is 0.781. The van der Waals surface area contributed by atoms with Crippen LogP contribution in [-0.4, -0.2) is 20.7 Å². The minimum atomic E-state index is -0.219. The van der Waals surface area contributed by atoms with Crippen LogP contribution < -0.4 is 10.1 Å². The molecule has 1 aromatic carbocycles. The predicted octanol–water partition coefficient (Wildman–Crippen LogP) is 3.35. The summed E-state index contributed by atoms with van der Waals surface area (Å²) in [5.74, 6) is 0.564. The third-order valence-corrected chi connectivity index (χ3v) is 4.03. The van der Waals surface area contributed by atoms with E-state index in [9.17, 15) is 4.79 Å². The van der Waals surface area contributed by atoms with Crippen molar-refractivity contribution in [3.05, 3.63) is 65.1 Å². The van der Waals surface area contributed by atoms with Crippen LogP contribution in [0.3, 0.4) is 0 Å². The fourth-order valence-corrected chi connectivity index (χ4v) is 2.42. The summed E-state index contributed by atoms with van der Waals surface area (Å²) in [6, 6.07) is 10.6. The van der Waals surface area contributed by atoms with E-state index in [-0.39, 0.29) is 11.8 Å². The van der Waals surface area contributed by atoms with E-state index in [0.717, 1.165) is 11.3 Å². The molecule has 0 saturated heterocycles. The third-order valence-electron chi connectivity index (χ3n) is 4.03. The first kappa shape index (κ1) is 17.2. The molecule has 0 bridgehead atoms. The van der Waals surface area contributed by atoms with Gasteiger partial charge < -0.3 is 10.1 Å². The summed E-state index contributed by atoms with van der Waals surface area (Å²) < 4.78 is 7.34. The number of amides is 1. The van der Waals surface area contributed by atoms with Crippen LogP contribution in [0.4, 0.5) is 5.69 Å². The second-order valence-corrected chi connectivity index (χ2v) is 5.77. The third kappa shape index (κ3) is 3.39. The Morgan fingerprint density at radius 3 is 2.77 bits per heavy atom. The van der Waals surface area contributed by atoms with Crippen molar-refractivity contribution < 1.29 is 9.53 Å². The monoisotopic (exact) mass is 347 g/mol. The lowest BCUT2D eigenvalue weighted by Crippen LogP contribution is -2.13. The van der Waals surface area contributed by atoms with E-state index in [2.05, 4.69) is 15.4 Å². The van der Waals surface area contributed by atoms with Crippen molar-refractivity contribution in [3.63, 3.8) is 0 Å². The molecule has 26 heavy (non-hydrogen) atoms. The summed E-state index contributed by atoms with van der Waals surface area (Å²) in [6.45, 7) is 3.70. The molecule has 7 nitrogen and oxygen atoms in total. The number of pyridine rings is 1. The minimum Gasteiger partial charge on any atom is -0.438 e. The molecule has 2 aromatic heterocycles. The van der Waals surface area contributed by atoms with E-state index in [0.29, 0.717) is 22.6 Å². The highest BCUT2D eigenvalue weighted by Gasteiger charge is 2.14. The highest BCUT2D eigenvalue weighted by Crippen LogP contribution is 2.27. The van der Waals surface area contributed by atoms with Gasteiger partial charge in [-0.1, -0.05) is 0 Å². The molecule has 0 saturated carbocycles. The molecule has 130 valence electrons. The normalized spacial score (nSPS) is 10.2. The van der Waals surface area contributed by atoms with Crippen molar-refractivity contribution in [3.8, 4) is 17.7 Å². The largest absolute Gasteiger partial charge is 0.438 e. The lowest BCUT2D eigenvalue weighted by atomic mass is 10.1. The molecule has 0 aliphatic rings. The number of anilines is 1. The van der Waals surface area contributed by atoms with E-state index in [4.69, 9.17) is 10.00 Å². The van der Waals surface area contributed by atoms with Crippen LogP contribution in [0, 0.1) is 25.2 Å². The van der Waals surface area contributed by atoms with E-state index >= 15 is 0 Å². The minimum absolute atomic E-state index is 0.219. The van der Waals surface area contributed by atoms with Crippen LogP contribution in [-0.2, 0) is 7.05 Å². The first-order valence-corrected chi connectivity index (χ1v) is 7.93. The number of carbonyl (C=O) groups is 1. The van der Waals surface area contributed by atoms with E-state index in [1.165, 1.54) is 0 Å².